The largest absolute Gasteiger partial charge is 0.293 e. The van der Waals surface area contributed by atoms with Gasteiger partial charge >= 0.3 is 0 Å². The van der Waals surface area contributed by atoms with Crippen molar-refractivity contribution < 1.29 is 0 Å². The summed E-state index contributed by atoms with van der Waals surface area (Å²) in [5.74, 6) is 1.57. The molecule has 154 valence electrons. The maximum Gasteiger partial charge on any atom is 0.290 e. The smallest absolute Gasteiger partial charge is 0.290 e. The average molecular weight is 415 g/mol. The second kappa shape index (κ2) is 8.53. The lowest BCUT2D eigenvalue weighted by atomic mass is 10.0. The molecule has 1 heterocycles. The number of aryl methyl sites for hydroxylation is 1. The van der Waals surface area contributed by atoms with Gasteiger partial charge in [-0.2, -0.15) is 0 Å². The van der Waals surface area contributed by atoms with Gasteiger partial charge in [-0.3, -0.25) is 19.3 Å². The van der Waals surface area contributed by atoms with Gasteiger partial charge in [0.05, 0.1) is 17.0 Å². The van der Waals surface area contributed by atoms with E-state index in [9.17, 15) is 4.79 Å². The van der Waals surface area contributed by atoms with Gasteiger partial charge in [-0.25, -0.2) is 15.0 Å². The Balaban J connectivity index is 2.26. The Bertz CT molecular complexity index is 995. The summed E-state index contributed by atoms with van der Waals surface area (Å²) >= 11 is 6.11. The molecular weight excluding hydrogens is 388 g/mol. The van der Waals surface area contributed by atoms with Crippen LogP contribution in [0.3, 0.4) is 0 Å². The predicted octanol–water partition coefficient (Wildman–Crippen LogP) is 4.36. The van der Waals surface area contributed by atoms with E-state index in [1.807, 2.05) is 13.8 Å². The molecule has 7 nitrogen and oxygen atoms in total. The molecule has 0 bridgehead atoms. The van der Waals surface area contributed by atoms with E-state index in [2.05, 4.69) is 33.4 Å². The average Bonchev–Trinajstić information content (AvgIpc) is 3.59. The Morgan fingerprint density at radius 1 is 1.24 bits per heavy atom. The van der Waals surface area contributed by atoms with Crippen LogP contribution in [0.25, 0.3) is 0 Å². The van der Waals surface area contributed by atoms with Gasteiger partial charge in [0.25, 0.3) is 5.56 Å². The fourth-order valence-electron chi connectivity index (χ4n) is 3.53. The minimum absolute atomic E-state index is 0.0275. The van der Waals surface area contributed by atoms with Gasteiger partial charge in [-0.15, -0.1) is 0 Å². The van der Waals surface area contributed by atoms with Crippen molar-refractivity contribution in [3.8, 4) is 0 Å². The van der Waals surface area contributed by atoms with Crippen LogP contribution in [0.2, 0.25) is 5.15 Å². The molecule has 3 rings (SSSR count). The molecule has 1 aromatic heterocycles. The third-order valence-corrected chi connectivity index (χ3v) is 5.84. The molecule has 2 aliphatic rings. The molecule has 2 aliphatic carbocycles. The second-order valence-corrected chi connectivity index (χ2v) is 8.02. The first-order valence-electron chi connectivity index (χ1n) is 9.83. The Hall–Kier alpha value is -2.41. The summed E-state index contributed by atoms with van der Waals surface area (Å²) in [6.07, 6.45) is 4.26. The van der Waals surface area contributed by atoms with Gasteiger partial charge < -0.3 is 0 Å². The Labute approximate surface area is 176 Å². The van der Waals surface area contributed by atoms with Crippen molar-refractivity contribution in [2.45, 2.75) is 52.5 Å². The minimum Gasteiger partial charge on any atom is -0.293 e. The highest BCUT2D eigenvalue weighted by Gasteiger charge is 2.33. The van der Waals surface area contributed by atoms with E-state index in [-0.39, 0.29) is 16.8 Å². The zero-order valence-corrected chi connectivity index (χ0v) is 18.2. The van der Waals surface area contributed by atoms with Crippen LogP contribution in [0.1, 0.15) is 51.3 Å². The zero-order valence-electron chi connectivity index (χ0n) is 17.4. The molecule has 0 N–H and O–H groups in total. The Kier molecular flexibility index (Phi) is 6.27. The number of amidine groups is 1. The van der Waals surface area contributed by atoms with Crippen molar-refractivity contribution in [2.75, 3.05) is 7.05 Å². The molecule has 2 saturated carbocycles. The van der Waals surface area contributed by atoms with Gasteiger partial charge in [0.1, 0.15) is 0 Å². The maximum atomic E-state index is 12.8. The summed E-state index contributed by atoms with van der Waals surface area (Å²) in [5, 5.41) is -0.0458. The number of nitrogens with zero attached hydrogens (tertiary/aromatic N) is 6. The van der Waals surface area contributed by atoms with E-state index in [4.69, 9.17) is 16.6 Å². The lowest BCUT2D eigenvalue weighted by Crippen LogP contribution is -2.27. The predicted molar refractivity (Wildman–Crippen MR) is 121 cm³/mol. The minimum atomic E-state index is -0.338. The van der Waals surface area contributed by atoms with Crippen molar-refractivity contribution in [3.63, 3.8) is 0 Å². The molecule has 0 unspecified atom stereocenters. The van der Waals surface area contributed by atoms with Crippen LogP contribution in [-0.4, -0.2) is 41.6 Å². The number of hydrogen-bond donors (Lipinski definition) is 0. The first kappa shape index (κ1) is 21.3. The molecule has 0 amide bonds. The molecule has 2 fully saturated rings. The molecule has 0 saturated heterocycles. The molecule has 0 radical (unpaired) electrons. The molecule has 1 atom stereocenters. The topological polar surface area (TPSA) is 84.3 Å². The summed E-state index contributed by atoms with van der Waals surface area (Å²) < 4.78 is 1.64. The standard InChI is InChI=1S/C21H27ClN6O/c1-11(23-4)16(17(24-5)15-9-10-15)19(25-6)27-20-12(2)26-18(22)21(29)28(20)13(3)14-7-8-14/h13-15H,5-10H2,1-4H3/b17-16+,23-11-,27-19-/t13-/m0/s1. The highest BCUT2D eigenvalue weighted by atomic mass is 35.5. The fourth-order valence-corrected chi connectivity index (χ4v) is 3.75. The summed E-state index contributed by atoms with van der Waals surface area (Å²) in [7, 11) is 1.71. The van der Waals surface area contributed by atoms with E-state index in [0.29, 0.717) is 34.8 Å². The monoisotopic (exact) mass is 414 g/mol. The van der Waals surface area contributed by atoms with Crippen LogP contribution in [0, 0.1) is 18.8 Å². The van der Waals surface area contributed by atoms with Gasteiger partial charge in [0.2, 0.25) is 0 Å². The van der Waals surface area contributed by atoms with Crippen LogP contribution >= 0.6 is 11.6 Å². The molecule has 1 aromatic rings. The highest BCUT2D eigenvalue weighted by Crippen LogP contribution is 2.41. The molecule has 29 heavy (non-hydrogen) atoms. The molecule has 0 spiro atoms. The lowest BCUT2D eigenvalue weighted by molar-refractivity contribution is 0.472. The molecule has 8 heteroatoms. The summed E-state index contributed by atoms with van der Waals surface area (Å²) in [6, 6.07) is -0.0275. The number of aromatic nitrogens is 2. The van der Waals surface area contributed by atoms with Crippen LogP contribution < -0.4 is 5.56 Å². The number of aliphatic imine (C=N–C) groups is 4. The van der Waals surface area contributed by atoms with Crippen molar-refractivity contribution in [1.82, 2.24) is 9.55 Å². The molecular formula is C21H27ClN6O. The van der Waals surface area contributed by atoms with E-state index in [0.717, 1.165) is 37.1 Å². The Morgan fingerprint density at radius 3 is 2.38 bits per heavy atom. The van der Waals surface area contributed by atoms with Gasteiger partial charge in [-0.05, 0) is 65.8 Å². The third kappa shape index (κ3) is 4.29. The maximum absolute atomic E-state index is 12.8. The normalized spacial score (nSPS) is 19.6. The van der Waals surface area contributed by atoms with Crippen LogP contribution in [-0.2, 0) is 0 Å². The first-order chi connectivity index (χ1) is 13.8. The third-order valence-electron chi connectivity index (χ3n) is 5.60. The summed E-state index contributed by atoms with van der Waals surface area (Å²) in [5.41, 5.74) is 2.51. The van der Waals surface area contributed by atoms with Crippen molar-refractivity contribution in [1.29, 1.82) is 0 Å². The number of rotatable bonds is 7. The van der Waals surface area contributed by atoms with Gasteiger partial charge in [0, 0.05) is 24.7 Å². The second-order valence-electron chi connectivity index (χ2n) is 7.66. The molecule has 0 aromatic carbocycles. The quantitative estimate of drug-likeness (QED) is 0.490. The molecule has 0 aliphatic heterocycles. The van der Waals surface area contributed by atoms with Crippen LogP contribution in [0.15, 0.2) is 36.0 Å². The summed E-state index contributed by atoms with van der Waals surface area (Å²) in [6.45, 7) is 13.2. The van der Waals surface area contributed by atoms with E-state index in [1.165, 1.54) is 0 Å². The van der Waals surface area contributed by atoms with Crippen LogP contribution in [0.4, 0.5) is 5.82 Å². The van der Waals surface area contributed by atoms with Crippen molar-refractivity contribution in [3.05, 3.63) is 32.5 Å². The van der Waals surface area contributed by atoms with E-state index >= 15 is 0 Å². The first-order valence-corrected chi connectivity index (χ1v) is 10.2. The number of hydrogen-bond acceptors (Lipinski definition) is 5. The van der Waals surface area contributed by atoms with Gasteiger partial charge in [-0.1, -0.05) is 11.6 Å². The fraction of sp³-hybridized carbons (Fsp3) is 0.524. The van der Waals surface area contributed by atoms with Crippen LogP contribution in [0.5, 0.6) is 0 Å². The Morgan fingerprint density at radius 2 is 1.90 bits per heavy atom. The SMILES string of the molecule is C=NC(=N\c1c(C)nc(Cl)c(=O)n1[C@@H](C)C1CC1)/C(C(/C)=N\C)=C(/N=C)C1CC1. The highest BCUT2D eigenvalue weighted by molar-refractivity contribution is 6.29. The van der Waals surface area contributed by atoms with E-state index < -0.39 is 0 Å². The van der Waals surface area contributed by atoms with Crippen molar-refractivity contribution >= 4 is 42.4 Å². The van der Waals surface area contributed by atoms with Crippen molar-refractivity contribution in [2.24, 2.45) is 31.8 Å². The summed E-state index contributed by atoms with van der Waals surface area (Å²) in [4.78, 5) is 34.6. The number of allylic oxidation sites excluding steroid dienone is 1. The van der Waals surface area contributed by atoms with Gasteiger partial charge in [0.15, 0.2) is 16.8 Å². The lowest BCUT2D eigenvalue weighted by Gasteiger charge is -2.19. The number of halogens is 1. The zero-order chi connectivity index (χ0) is 21.3. The van der Waals surface area contributed by atoms with E-state index in [1.54, 1.807) is 18.5 Å².